The van der Waals surface area contributed by atoms with Crippen molar-refractivity contribution in [3.05, 3.63) is 63.5 Å². The van der Waals surface area contributed by atoms with Crippen molar-refractivity contribution in [2.45, 2.75) is 78.6 Å². The lowest BCUT2D eigenvalue weighted by molar-refractivity contribution is 0.377. The van der Waals surface area contributed by atoms with Gasteiger partial charge in [-0.15, -0.1) is 0 Å². The smallest absolute Gasteiger partial charge is 0.200 e. The van der Waals surface area contributed by atoms with Crippen LogP contribution in [-0.4, -0.2) is 4.20 Å². The van der Waals surface area contributed by atoms with Gasteiger partial charge in [0.1, 0.15) is 0 Å². The maximum atomic E-state index is 14.5. The minimum atomic E-state index is -2.17. The second kappa shape index (κ2) is 8.83. The summed E-state index contributed by atoms with van der Waals surface area (Å²) in [6, 6.07) is 4.16. The largest absolute Gasteiger partial charge is 0.203 e. The molecule has 0 aromatic heterocycles. The van der Waals surface area contributed by atoms with E-state index in [1.165, 1.54) is 0 Å². The summed E-state index contributed by atoms with van der Waals surface area (Å²) in [5, 5.41) is 0.786. The van der Waals surface area contributed by atoms with Crippen LogP contribution in [0, 0.1) is 29.1 Å². The normalized spacial score (nSPS) is 13.7. The van der Waals surface area contributed by atoms with E-state index in [4.69, 9.17) is 0 Å². The van der Waals surface area contributed by atoms with E-state index in [9.17, 15) is 22.0 Å². The third kappa shape index (κ3) is 5.28. The Kier molecular flexibility index (Phi) is 7.45. The quantitative estimate of drug-likeness (QED) is 0.157. The minimum Gasteiger partial charge on any atom is -0.203 e. The molecule has 0 saturated heterocycles. The van der Waals surface area contributed by atoms with Crippen molar-refractivity contribution in [1.82, 2.24) is 0 Å². The van der Waals surface area contributed by atoms with E-state index >= 15 is 0 Å². The van der Waals surface area contributed by atoms with Crippen LogP contribution in [0.25, 0.3) is 0 Å². The molecule has 176 valence electrons. The summed E-state index contributed by atoms with van der Waals surface area (Å²) in [6.07, 6.45) is 0. The highest BCUT2D eigenvalue weighted by Gasteiger charge is 2.31. The molecule has 7 heteroatoms. The van der Waals surface area contributed by atoms with Crippen LogP contribution in [0.15, 0.2) is 12.1 Å². The van der Waals surface area contributed by atoms with E-state index in [1.54, 1.807) is 0 Å². The van der Waals surface area contributed by atoms with Gasteiger partial charge in [-0.1, -0.05) is 82.7 Å². The lowest BCUT2D eigenvalue weighted by atomic mass is 9.75. The molecule has 2 aromatic carbocycles. The third-order valence-corrected chi connectivity index (χ3v) is 7.27. The van der Waals surface area contributed by atoms with Crippen molar-refractivity contribution < 1.29 is 22.0 Å². The fourth-order valence-corrected chi connectivity index (χ4v) is 5.70. The zero-order valence-electron chi connectivity index (χ0n) is 19.9. The van der Waals surface area contributed by atoms with Gasteiger partial charge in [-0.25, -0.2) is 22.0 Å². The van der Waals surface area contributed by atoms with E-state index < -0.39 is 34.6 Å². The first-order valence-electron chi connectivity index (χ1n) is 10.2. The summed E-state index contributed by atoms with van der Waals surface area (Å²) in [6.45, 7) is 18.5. The Hall–Kier alpha value is -1.26. The molecule has 0 heterocycles. The molecular weight excluding hydrogens is 506 g/mol. The van der Waals surface area contributed by atoms with E-state index in [0.717, 1.165) is 22.0 Å². The fraction of sp³-hybridized carbons (Fsp3) is 0.480. The number of hydrogen-bond donors (Lipinski definition) is 0. The number of hydrogen-bond acceptors (Lipinski definition) is 0. The van der Waals surface area contributed by atoms with Gasteiger partial charge < -0.3 is 0 Å². The van der Waals surface area contributed by atoms with Crippen LogP contribution in [0.2, 0.25) is 0 Å². The van der Waals surface area contributed by atoms with Gasteiger partial charge in [0.05, 0.1) is 9.77 Å². The molecule has 0 aliphatic carbocycles. The van der Waals surface area contributed by atoms with Crippen molar-refractivity contribution in [2.24, 2.45) is 0 Å². The van der Waals surface area contributed by atoms with Crippen LogP contribution in [0.4, 0.5) is 22.0 Å². The monoisotopic (exact) mass is 534 g/mol. The summed E-state index contributed by atoms with van der Waals surface area (Å²) in [7, 11) is 0.316. The van der Waals surface area contributed by atoms with E-state index in [0.29, 0.717) is 8.20 Å². The van der Waals surface area contributed by atoms with Crippen molar-refractivity contribution in [3.8, 4) is 0 Å². The Bertz CT molecular complexity index is 1020. The van der Waals surface area contributed by atoms with Crippen molar-refractivity contribution in [3.63, 3.8) is 0 Å². The first-order chi connectivity index (χ1) is 14.3. The highest BCUT2D eigenvalue weighted by atomic mass is 79.9. The average molecular weight is 535 g/mol. The van der Waals surface area contributed by atoms with Crippen LogP contribution < -0.4 is 5.30 Å². The lowest BCUT2D eigenvalue weighted by Crippen LogP contribution is -2.30. The molecule has 0 atom stereocenters. The van der Waals surface area contributed by atoms with Crippen molar-refractivity contribution >= 4 is 33.6 Å². The predicted octanol–water partition coefficient (Wildman–Crippen LogP) is 8.42. The second-order valence-corrected chi connectivity index (χ2v) is 13.5. The van der Waals surface area contributed by atoms with Gasteiger partial charge in [-0.05, 0) is 48.9 Å². The molecule has 0 nitrogen and oxygen atoms in total. The number of rotatable bonds is 2. The predicted molar refractivity (Wildman–Crippen MR) is 128 cm³/mol. The molecule has 0 bridgehead atoms. The summed E-state index contributed by atoms with van der Waals surface area (Å²) in [4.78, 5) is 0. The second-order valence-electron chi connectivity index (χ2n) is 11.0. The molecule has 0 aliphatic rings. The summed E-state index contributed by atoms with van der Waals surface area (Å²) in [5.41, 5.74) is 1.29. The Labute approximate surface area is 197 Å². The zero-order valence-corrected chi connectivity index (χ0v) is 22.4. The third-order valence-electron chi connectivity index (χ3n) is 5.22. The number of benzene rings is 2. The maximum Gasteiger partial charge on any atom is 0.200 e. The van der Waals surface area contributed by atoms with Crippen molar-refractivity contribution in [2.75, 3.05) is 0 Å². The molecule has 2 aromatic rings. The highest BCUT2D eigenvalue weighted by Crippen LogP contribution is 2.37. The Balaban J connectivity index is 2.99. The first kappa shape index (κ1) is 27.0. The standard InChI is InChI=1S/C25H29BrF5P/c1-23(2,3)12-10-13(24(4,5)6)21(14(11-12)25(7,8)9)32-22(26)15-16(27)18(29)20(31)19(30)17(15)28/h10-11H,1-9H3. The Morgan fingerprint density at radius 3 is 1.28 bits per heavy atom. The van der Waals surface area contributed by atoms with Crippen LogP contribution in [-0.2, 0) is 16.2 Å². The molecule has 0 radical (unpaired) electrons. The first-order valence-corrected chi connectivity index (χ1v) is 11.9. The van der Waals surface area contributed by atoms with Crippen LogP contribution in [0.3, 0.4) is 0 Å². The zero-order chi connectivity index (χ0) is 25.0. The fourth-order valence-electron chi connectivity index (χ4n) is 3.27. The maximum absolute atomic E-state index is 14.5. The lowest BCUT2D eigenvalue weighted by Gasteiger charge is -2.32. The van der Waals surface area contributed by atoms with Gasteiger partial charge in [-0.2, -0.15) is 0 Å². The van der Waals surface area contributed by atoms with E-state index in [1.807, 2.05) is 41.5 Å². The number of halogens is 6. The topological polar surface area (TPSA) is 0 Å². The van der Waals surface area contributed by atoms with Crippen LogP contribution >= 0.6 is 24.1 Å². The SMILES string of the molecule is CC(C)(C)c1cc(C(C)(C)C)c(P=C(Br)c2c(F)c(F)c(F)c(F)c2F)c(C(C)(C)C)c1. The van der Waals surface area contributed by atoms with Gasteiger partial charge in [0, 0.05) is 5.30 Å². The Morgan fingerprint density at radius 1 is 0.625 bits per heavy atom. The molecule has 0 aliphatic heterocycles. The molecule has 32 heavy (non-hydrogen) atoms. The van der Waals surface area contributed by atoms with Gasteiger partial charge in [0.15, 0.2) is 23.3 Å². The van der Waals surface area contributed by atoms with Crippen LogP contribution in [0.5, 0.6) is 0 Å². The summed E-state index contributed by atoms with van der Waals surface area (Å²) >= 11 is 3.15. The molecule has 0 fully saturated rings. The van der Waals surface area contributed by atoms with Gasteiger partial charge in [0.2, 0.25) is 5.82 Å². The van der Waals surface area contributed by atoms with Gasteiger partial charge >= 0.3 is 0 Å². The molecule has 0 spiro atoms. The molecule has 0 unspecified atom stereocenters. The minimum absolute atomic E-state index is 0.121. The molecule has 0 saturated carbocycles. The highest BCUT2D eigenvalue weighted by molar-refractivity contribution is 9.19. The Morgan fingerprint density at radius 2 is 0.969 bits per heavy atom. The average Bonchev–Trinajstić information content (AvgIpc) is 2.62. The summed E-state index contributed by atoms with van der Waals surface area (Å²) in [5.74, 6) is -9.77. The van der Waals surface area contributed by atoms with Gasteiger partial charge in [-0.3, -0.25) is 0 Å². The van der Waals surface area contributed by atoms with Crippen LogP contribution in [0.1, 0.15) is 84.6 Å². The van der Waals surface area contributed by atoms with E-state index in [-0.39, 0.29) is 20.4 Å². The molecule has 0 N–H and O–H groups in total. The molecule has 2 rings (SSSR count). The van der Waals surface area contributed by atoms with Crippen molar-refractivity contribution in [1.29, 1.82) is 0 Å². The van der Waals surface area contributed by atoms with Gasteiger partial charge in [0.25, 0.3) is 0 Å². The molecule has 0 amide bonds. The molecular formula is C25H29BrF5P. The van der Waals surface area contributed by atoms with E-state index in [2.05, 4.69) is 48.8 Å². The summed E-state index contributed by atoms with van der Waals surface area (Å²) < 4.78 is 70.0.